The number of fused-ring (bicyclic) bond motifs is 1. The molecule has 1 heterocycles. The van der Waals surface area contributed by atoms with E-state index >= 15 is 0 Å². The minimum atomic E-state index is -1.47. The number of thiol groups is 1. The van der Waals surface area contributed by atoms with E-state index in [-0.39, 0.29) is 12.8 Å². The zero-order valence-electron chi connectivity index (χ0n) is 18.0. The number of nitrogens with zero attached hydrogens (tertiary/aromatic N) is 1. The standard InChI is InChI=1S/C26H23NO4S2/c1-31-19-12-13-20-21(14-19)33-23(27-20)22(24(28)32)26(25(29)30,15-17-8-4-2-5-9-17)16-18-10-6-3-7-11-18/h2-14,22H,15-16H2,1H3,(H,28,32)(H,29,30). The summed E-state index contributed by atoms with van der Waals surface area (Å²) in [6.45, 7) is 0. The van der Waals surface area contributed by atoms with Crippen LogP contribution in [0, 0.1) is 5.41 Å². The quantitative estimate of drug-likeness (QED) is 0.316. The summed E-state index contributed by atoms with van der Waals surface area (Å²) in [4.78, 5) is 30.7. The van der Waals surface area contributed by atoms with Gasteiger partial charge in [0.05, 0.1) is 28.7 Å². The molecule has 0 aliphatic rings. The monoisotopic (exact) mass is 477 g/mol. The maximum atomic E-state index is 13.0. The molecular formula is C26H23NO4S2. The molecule has 0 aliphatic heterocycles. The van der Waals surface area contributed by atoms with Crippen LogP contribution in [-0.4, -0.2) is 28.3 Å². The number of hydrogen-bond acceptors (Lipinski definition) is 5. The molecule has 0 aliphatic carbocycles. The van der Waals surface area contributed by atoms with Crippen LogP contribution in [0.2, 0.25) is 0 Å². The predicted molar refractivity (Wildman–Crippen MR) is 133 cm³/mol. The molecule has 33 heavy (non-hydrogen) atoms. The number of aliphatic carboxylic acids is 1. The average molecular weight is 478 g/mol. The van der Waals surface area contributed by atoms with Crippen molar-refractivity contribution in [3.63, 3.8) is 0 Å². The third-order valence-corrected chi connectivity index (χ3v) is 7.15. The molecule has 4 rings (SSSR count). The maximum absolute atomic E-state index is 13.0. The maximum Gasteiger partial charge on any atom is 0.311 e. The van der Waals surface area contributed by atoms with Gasteiger partial charge in [0, 0.05) is 0 Å². The van der Waals surface area contributed by atoms with Crippen molar-refractivity contribution < 1.29 is 19.4 Å². The second-order valence-corrected chi connectivity index (χ2v) is 9.45. The number of aromatic nitrogens is 1. The molecule has 1 unspecified atom stereocenters. The second-order valence-electron chi connectivity index (χ2n) is 7.94. The Morgan fingerprint density at radius 1 is 1.00 bits per heavy atom. The number of ether oxygens (including phenoxy) is 1. The Hall–Kier alpha value is -3.16. The molecule has 3 aromatic carbocycles. The van der Waals surface area contributed by atoms with Crippen molar-refractivity contribution in [1.82, 2.24) is 4.98 Å². The lowest BCUT2D eigenvalue weighted by Crippen LogP contribution is -2.44. The zero-order valence-corrected chi connectivity index (χ0v) is 19.7. The number of rotatable bonds is 9. The van der Waals surface area contributed by atoms with Gasteiger partial charge in [-0.15, -0.1) is 24.0 Å². The molecule has 1 N–H and O–H groups in total. The number of thiazole rings is 1. The average Bonchev–Trinajstić information content (AvgIpc) is 3.22. The van der Waals surface area contributed by atoms with Crippen LogP contribution < -0.4 is 4.74 Å². The highest BCUT2D eigenvalue weighted by Crippen LogP contribution is 2.46. The number of methoxy groups -OCH3 is 1. The van der Waals surface area contributed by atoms with E-state index in [0.717, 1.165) is 15.8 Å². The molecule has 1 aromatic heterocycles. The van der Waals surface area contributed by atoms with Crippen LogP contribution in [0.25, 0.3) is 10.2 Å². The Labute approximate surface area is 201 Å². The third kappa shape index (κ3) is 4.79. The molecule has 4 aromatic rings. The summed E-state index contributed by atoms with van der Waals surface area (Å²) < 4.78 is 6.13. The van der Waals surface area contributed by atoms with E-state index in [0.29, 0.717) is 16.3 Å². The van der Waals surface area contributed by atoms with Gasteiger partial charge < -0.3 is 9.84 Å². The van der Waals surface area contributed by atoms with Crippen LogP contribution in [-0.2, 0) is 22.4 Å². The van der Waals surface area contributed by atoms with Crippen molar-refractivity contribution in [2.75, 3.05) is 7.11 Å². The number of benzene rings is 3. The molecular weight excluding hydrogens is 454 g/mol. The highest BCUT2D eigenvalue weighted by molar-refractivity contribution is 7.96. The molecule has 0 saturated carbocycles. The van der Waals surface area contributed by atoms with Gasteiger partial charge in [0.1, 0.15) is 10.8 Å². The minimum absolute atomic E-state index is 0.161. The van der Waals surface area contributed by atoms with Gasteiger partial charge >= 0.3 is 5.97 Å². The Bertz CT molecular complexity index is 1230. The van der Waals surface area contributed by atoms with Crippen molar-refractivity contribution in [3.05, 3.63) is 95.0 Å². The first-order valence-corrected chi connectivity index (χ1v) is 11.7. The summed E-state index contributed by atoms with van der Waals surface area (Å²) in [5, 5.41) is 10.6. The van der Waals surface area contributed by atoms with Crippen molar-refractivity contribution in [3.8, 4) is 5.75 Å². The van der Waals surface area contributed by atoms with Crippen LogP contribution in [0.3, 0.4) is 0 Å². The summed E-state index contributed by atoms with van der Waals surface area (Å²) in [7, 11) is 1.58. The zero-order chi connectivity index (χ0) is 23.4. The van der Waals surface area contributed by atoms with Crippen molar-refractivity contribution in [2.45, 2.75) is 18.8 Å². The van der Waals surface area contributed by atoms with Crippen LogP contribution in [0.5, 0.6) is 5.75 Å². The predicted octanol–water partition coefficient (Wildman–Crippen LogP) is 5.40. The van der Waals surface area contributed by atoms with E-state index in [1.807, 2.05) is 72.8 Å². The fraction of sp³-hybridized carbons (Fsp3) is 0.192. The van der Waals surface area contributed by atoms with Crippen LogP contribution in [0.15, 0.2) is 78.9 Å². The largest absolute Gasteiger partial charge is 0.497 e. The smallest absolute Gasteiger partial charge is 0.311 e. The van der Waals surface area contributed by atoms with E-state index in [1.54, 1.807) is 13.2 Å². The molecule has 0 fully saturated rings. The molecule has 0 radical (unpaired) electrons. The molecule has 1 atom stereocenters. The molecule has 7 heteroatoms. The number of carboxylic acids is 1. The van der Waals surface area contributed by atoms with E-state index in [9.17, 15) is 14.7 Å². The topological polar surface area (TPSA) is 76.5 Å². The summed E-state index contributed by atoms with van der Waals surface area (Å²) in [5.74, 6) is -1.42. The molecule has 0 amide bonds. The van der Waals surface area contributed by atoms with Crippen molar-refractivity contribution >= 4 is 45.3 Å². The molecule has 0 saturated heterocycles. The summed E-state index contributed by atoms with van der Waals surface area (Å²) in [6, 6.07) is 24.2. The highest BCUT2D eigenvalue weighted by Gasteiger charge is 2.51. The first-order valence-electron chi connectivity index (χ1n) is 10.4. The minimum Gasteiger partial charge on any atom is -0.497 e. The summed E-state index contributed by atoms with van der Waals surface area (Å²) in [5.41, 5.74) is 0.880. The molecule has 0 bridgehead atoms. The molecule has 0 spiro atoms. The van der Waals surface area contributed by atoms with E-state index in [2.05, 4.69) is 17.6 Å². The Morgan fingerprint density at radius 3 is 2.06 bits per heavy atom. The number of carbonyl (C=O) groups excluding carboxylic acids is 1. The fourth-order valence-corrected chi connectivity index (χ4v) is 5.88. The summed E-state index contributed by atoms with van der Waals surface area (Å²) in [6.07, 6.45) is 0.322. The normalized spacial score (nSPS) is 12.4. The first-order chi connectivity index (χ1) is 15.9. The van der Waals surface area contributed by atoms with Crippen LogP contribution in [0.4, 0.5) is 0 Å². The molecule has 168 valence electrons. The Kier molecular flexibility index (Phi) is 6.81. The Balaban J connectivity index is 1.90. The van der Waals surface area contributed by atoms with Gasteiger partial charge in [-0.05, 0) is 42.2 Å². The molecule has 5 nitrogen and oxygen atoms in total. The van der Waals surface area contributed by atoms with Gasteiger partial charge in [-0.3, -0.25) is 9.59 Å². The van der Waals surface area contributed by atoms with E-state index < -0.39 is 22.4 Å². The number of hydrogen-bond donors (Lipinski definition) is 2. The van der Waals surface area contributed by atoms with Gasteiger partial charge in [-0.1, -0.05) is 60.7 Å². The van der Waals surface area contributed by atoms with Gasteiger partial charge in [-0.25, -0.2) is 4.98 Å². The second kappa shape index (κ2) is 9.77. The van der Waals surface area contributed by atoms with Gasteiger partial charge in [0.2, 0.25) is 0 Å². The van der Waals surface area contributed by atoms with E-state index in [4.69, 9.17) is 4.74 Å². The lowest BCUT2D eigenvalue weighted by Gasteiger charge is -2.35. The highest BCUT2D eigenvalue weighted by atomic mass is 32.1. The van der Waals surface area contributed by atoms with Gasteiger partial charge in [-0.2, -0.15) is 0 Å². The Morgan fingerprint density at radius 2 is 1.58 bits per heavy atom. The van der Waals surface area contributed by atoms with Crippen molar-refractivity contribution in [2.24, 2.45) is 5.41 Å². The summed E-state index contributed by atoms with van der Waals surface area (Å²) >= 11 is 5.49. The van der Waals surface area contributed by atoms with Crippen LogP contribution in [0.1, 0.15) is 22.1 Å². The first kappa shape index (κ1) is 23.0. The van der Waals surface area contributed by atoms with Crippen molar-refractivity contribution in [1.29, 1.82) is 0 Å². The fourth-order valence-electron chi connectivity index (χ4n) is 4.21. The third-order valence-electron chi connectivity index (χ3n) is 5.81. The number of carbonyl (C=O) groups is 2. The van der Waals surface area contributed by atoms with Gasteiger partial charge in [0.25, 0.3) is 0 Å². The SMILES string of the molecule is COc1ccc2nc(C(C(=O)S)C(Cc3ccccc3)(Cc3ccccc3)C(=O)O)sc2c1. The van der Waals surface area contributed by atoms with E-state index in [1.165, 1.54) is 11.3 Å². The van der Waals surface area contributed by atoms with Crippen LogP contribution >= 0.6 is 24.0 Å². The lowest BCUT2D eigenvalue weighted by molar-refractivity contribution is -0.152. The van der Waals surface area contributed by atoms with Gasteiger partial charge in [0.15, 0.2) is 5.12 Å². The number of carboxylic acid groups (broad SMARTS) is 1. The lowest BCUT2D eigenvalue weighted by atomic mass is 9.68.